The van der Waals surface area contributed by atoms with Crippen LogP contribution in [0.1, 0.15) is 69.2 Å². The first-order chi connectivity index (χ1) is 20.3. The number of aryl methyl sites for hydroxylation is 1. The maximum atomic E-state index is 14.9. The van der Waals surface area contributed by atoms with E-state index in [1.54, 1.807) is 19.2 Å². The normalized spacial score (nSPS) is 17.5. The van der Waals surface area contributed by atoms with Gasteiger partial charge < -0.3 is 9.64 Å². The van der Waals surface area contributed by atoms with Gasteiger partial charge in [-0.05, 0) is 61.6 Å². The molecule has 3 heterocycles. The number of carbonyl (C=O) groups excluding carboxylic acids is 1. The number of hydrogen-bond acceptors (Lipinski definition) is 6. The van der Waals surface area contributed by atoms with Crippen LogP contribution in [0.5, 0.6) is 5.75 Å². The lowest BCUT2D eigenvalue weighted by molar-refractivity contribution is 0.0233. The van der Waals surface area contributed by atoms with Gasteiger partial charge in [-0.2, -0.15) is 0 Å². The molecule has 1 saturated heterocycles. The van der Waals surface area contributed by atoms with Gasteiger partial charge in [-0.1, -0.05) is 62.7 Å². The van der Waals surface area contributed by atoms with Crippen LogP contribution in [0.4, 0.5) is 4.39 Å². The Morgan fingerprint density at radius 2 is 1.91 bits per heavy atom. The Morgan fingerprint density at radius 3 is 2.58 bits per heavy atom. The van der Waals surface area contributed by atoms with E-state index in [4.69, 9.17) is 16.3 Å². The van der Waals surface area contributed by atoms with Crippen LogP contribution < -0.4 is 4.74 Å². The average molecular weight is 608 g/mol. The SMILES string of the molecule is COc1ccc(C)c(-c2cn(CC3(C(C)C)CCCN(C(=O)c4nnn(-c5ccc(Cl)cc5F)c4C(C)(C)C)C3)nn2)c1. The molecule has 1 atom stereocenters. The zero-order valence-corrected chi connectivity index (χ0v) is 26.6. The van der Waals surface area contributed by atoms with Crippen LogP contribution in [-0.4, -0.2) is 61.0 Å². The van der Waals surface area contributed by atoms with Gasteiger partial charge in [0.05, 0.1) is 25.5 Å². The Kier molecular flexibility index (Phi) is 8.35. The first kappa shape index (κ1) is 30.7. The minimum atomic E-state index is -0.541. The Hall–Kier alpha value is -3.79. The maximum absolute atomic E-state index is 14.9. The second-order valence-corrected chi connectivity index (χ2v) is 13.3. The maximum Gasteiger partial charge on any atom is 0.276 e. The zero-order chi connectivity index (χ0) is 31.1. The van der Waals surface area contributed by atoms with Crippen molar-refractivity contribution < 1.29 is 13.9 Å². The van der Waals surface area contributed by atoms with Gasteiger partial charge in [0.25, 0.3) is 5.91 Å². The smallest absolute Gasteiger partial charge is 0.276 e. The molecule has 0 N–H and O–H groups in total. The standard InChI is InChI=1S/C32H39ClFN7O2/c1-20(2)32(19-40-17-26(35-37-40)24-16-23(43-7)11-9-21(24)3)13-8-14-39(18-32)30(42)28-29(31(4,5)6)41(38-36-28)27-12-10-22(33)15-25(27)34/h9-12,15-17,20H,8,13-14,18-19H2,1-7H3. The average Bonchev–Trinajstić information content (AvgIpc) is 3.60. The van der Waals surface area contributed by atoms with Crippen molar-refractivity contribution >= 4 is 17.5 Å². The molecule has 0 saturated carbocycles. The van der Waals surface area contributed by atoms with Crippen LogP contribution in [-0.2, 0) is 12.0 Å². The van der Waals surface area contributed by atoms with Gasteiger partial charge in [0.1, 0.15) is 22.9 Å². The van der Waals surface area contributed by atoms with Gasteiger partial charge >= 0.3 is 0 Å². The summed E-state index contributed by atoms with van der Waals surface area (Å²) in [6, 6.07) is 10.3. The highest BCUT2D eigenvalue weighted by Gasteiger charge is 2.42. The van der Waals surface area contributed by atoms with Crippen molar-refractivity contribution in [3.63, 3.8) is 0 Å². The molecular formula is C32H39ClFN7O2. The number of benzene rings is 2. The van der Waals surface area contributed by atoms with Gasteiger partial charge in [0, 0.05) is 34.5 Å². The molecule has 2 aromatic heterocycles. The summed E-state index contributed by atoms with van der Waals surface area (Å²) in [5.41, 5.74) is 3.04. The molecule has 1 amide bonds. The van der Waals surface area contributed by atoms with E-state index in [9.17, 15) is 9.18 Å². The first-order valence-electron chi connectivity index (χ1n) is 14.6. The second-order valence-electron chi connectivity index (χ2n) is 12.9. The summed E-state index contributed by atoms with van der Waals surface area (Å²) < 4.78 is 23.7. The predicted molar refractivity (Wildman–Crippen MR) is 164 cm³/mol. The molecule has 228 valence electrons. The summed E-state index contributed by atoms with van der Waals surface area (Å²) >= 11 is 5.99. The third-order valence-corrected chi connectivity index (χ3v) is 8.81. The number of amides is 1. The number of likely N-dealkylation sites (tertiary alicyclic amines) is 1. The molecule has 0 bridgehead atoms. The molecule has 5 rings (SSSR count). The lowest BCUT2D eigenvalue weighted by atomic mass is 9.71. The van der Waals surface area contributed by atoms with Crippen molar-refractivity contribution in [2.45, 2.75) is 66.3 Å². The van der Waals surface area contributed by atoms with E-state index in [0.29, 0.717) is 25.3 Å². The Balaban J connectivity index is 1.44. The highest BCUT2D eigenvalue weighted by molar-refractivity contribution is 6.30. The molecular weight excluding hydrogens is 569 g/mol. The molecule has 11 heteroatoms. The fraction of sp³-hybridized carbons (Fsp3) is 0.469. The largest absolute Gasteiger partial charge is 0.497 e. The molecule has 1 aliphatic rings. The quantitative estimate of drug-likeness (QED) is 0.238. The topological polar surface area (TPSA) is 91.0 Å². The Labute approximate surface area is 257 Å². The molecule has 1 fully saturated rings. The zero-order valence-electron chi connectivity index (χ0n) is 25.9. The van der Waals surface area contributed by atoms with Crippen LogP contribution in [0.15, 0.2) is 42.6 Å². The number of hydrogen-bond donors (Lipinski definition) is 0. The monoisotopic (exact) mass is 607 g/mol. The number of piperidine rings is 1. The molecule has 1 aliphatic heterocycles. The van der Waals surface area contributed by atoms with E-state index in [1.165, 1.54) is 10.7 Å². The number of rotatable bonds is 7. The summed E-state index contributed by atoms with van der Waals surface area (Å²) in [6.07, 6.45) is 3.75. The number of nitrogens with zero attached hydrogens (tertiary/aromatic N) is 7. The number of aromatic nitrogens is 6. The summed E-state index contributed by atoms with van der Waals surface area (Å²) in [4.78, 5) is 16.0. The van der Waals surface area contributed by atoms with Gasteiger partial charge in [-0.3, -0.25) is 9.48 Å². The fourth-order valence-electron chi connectivity index (χ4n) is 6.01. The molecule has 43 heavy (non-hydrogen) atoms. The van der Waals surface area contributed by atoms with Crippen molar-refractivity contribution in [2.75, 3.05) is 20.2 Å². The van der Waals surface area contributed by atoms with Crippen LogP contribution in [0, 0.1) is 24.1 Å². The van der Waals surface area contributed by atoms with Crippen LogP contribution in [0.3, 0.4) is 0 Å². The third-order valence-electron chi connectivity index (χ3n) is 8.58. The second kappa shape index (κ2) is 11.7. The van der Waals surface area contributed by atoms with Crippen LogP contribution >= 0.6 is 11.6 Å². The van der Waals surface area contributed by atoms with Crippen molar-refractivity contribution in [1.29, 1.82) is 0 Å². The minimum Gasteiger partial charge on any atom is -0.497 e. The summed E-state index contributed by atoms with van der Waals surface area (Å²) in [7, 11) is 1.65. The van der Waals surface area contributed by atoms with Crippen LogP contribution in [0.2, 0.25) is 5.02 Å². The summed E-state index contributed by atoms with van der Waals surface area (Å²) in [5.74, 6) is 0.285. The molecule has 0 radical (unpaired) electrons. The Morgan fingerprint density at radius 1 is 1.14 bits per heavy atom. The van der Waals surface area contributed by atoms with E-state index in [-0.39, 0.29) is 33.6 Å². The van der Waals surface area contributed by atoms with E-state index in [1.807, 2.05) is 61.7 Å². The molecule has 4 aromatic rings. The van der Waals surface area contributed by atoms with E-state index in [0.717, 1.165) is 35.4 Å². The lowest BCUT2D eigenvalue weighted by Gasteiger charge is -2.45. The lowest BCUT2D eigenvalue weighted by Crippen LogP contribution is -2.50. The van der Waals surface area contributed by atoms with E-state index in [2.05, 4.69) is 34.5 Å². The highest BCUT2D eigenvalue weighted by Crippen LogP contribution is 2.40. The Bertz CT molecular complexity index is 1640. The van der Waals surface area contributed by atoms with Gasteiger partial charge in [-0.25, -0.2) is 9.07 Å². The van der Waals surface area contributed by atoms with Gasteiger partial charge in [0.2, 0.25) is 0 Å². The number of carbonyl (C=O) groups is 1. The molecule has 1 unspecified atom stereocenters. The van der Waals surface area contributed by atoms with Gasteiger partial charge in [0.15, 0.2) is 5.69 Å². The van der Waals surface area contributed by atoms with Crippen molar-refractivity contribution in [3.8, 4) is 22.7 Å². The van der Waals surface area contributed by atoms with E-state index >= 15 is 0 Å². The van der Waals surface area contributed by atoms with E-state index < -0.39 is 11.2 Å². The summed E-state index contributed by atoms with van der Waals surface area (Å²) in [5, 5.41) is 17.8. The molecule has 0 spiro atoms. The highest BCUT2D eigenvalue weighted by atomic mass is 35.5. The molecule has 2 aromatic carbocycles. The first-order valence-corrected chi connectivity index (χ1v) is 15.0. The summed E-state index contributed by atoms with van der Waals surface area (Å²) in [6.45, 7) is 14.1. The number of ether oxygens (including phenoxy) is 1. The fourth-order valence-corrected chi connectivity index (χ4v) is 6.17. The van der Waals surface area contributed by atoms with Crippen molar-refractivity contribution in [2.24, 2.45) is 11.3 Å². The van der Waals surface area contributed by atoms with Crippen molar-refractivity contribution in [1.82, 2.24) is 34.9 Å². The molecule has 9 nitrogen and oxygen atoms in total. The van der Waals surface area contributed by atoms with Gasteiger partial charge in [-0.15, -0.1) is 10.2 Å². The predicted octanol–water partition coefficient (Wildman–Crippen LogP) is 6.51. The van der Waals surface area contributed by atoms with Crippen molar-refractivity contribution in [3.05, 3.63) is 70.4 Å². The minimum absolute atomic E-state index is 0.198. The number of halogens is 2. The number of methoxy groups -OCH3 is 1. The van der Waals surface area contributed by atoms with Crippen LogP contribution in [0.25, 0.3) is 16.9 Å². The molecule has 0 aliphatic carbocycles. The third kappa shape index (κ3) is 6.02.